The molecule has 0 saturated heterocycles. The lowest BCUT2D eigenvalue weighted by molar-refractivity contribution is 1.20. The van der Waals surface area contributed by atoms with E-state index in [4.69, 9.17) is 0 Å². The van der Waals surface area contributed by atoms with Crippen molar-refractivity contribution in [2.45, 2.75) is 13.8 Å². The summed E-state index contributed by atoms with van der Waals surface area (Å²) < 4.78 is 0. The van der Waals surface area contributed by atoms with Crippen molar-refractivity contribution >= 4 is 13.4 Å². The molecule has 0 aliphatic heterocycles. The van der Waals surface area contributed by atoms with Gasteiger partial charge in [-0.15, -0.1) is 0 Å². The predicted octanol–water partition coefficient (Wildman–Crippen LogP) is 3.31. The summed E-state index contributed by atoms with van der Waals surface area (Å²) in [6.07, 6.45) is 7.48. The summed E-state index contributed by atoms with van der Waals surface area (Å²) in [5.41, 5.74) is 2.35. The number of nitrogens with zero attached hydrogens (tertiary/aromatic N) is 2. The maximum atomic E-state index is 3.91. The van der Waals surface area contributed by atoms with E-state index in [1.165, 1.54) is 0 Å². The molecule has 0 aliphatic rings. The fourth-order valence-electron chi connectivity index (χ4n) is 0.933. The third-order valence-electron chi connectivity index (χ3n) is 1.70. The quantitative estimate of drug-likeness (QED) is 0.467. The maximum Gasteiger partial charge on any atom is 0.0905 e. The van der Waals surface area contributed by atoms with E-state index in [1.54, 1.807) is 6.08 Å². The second kappa shape index (κ2) is 6.78. The lowest BCUT2D eigenvalue weighted by Gasteiger charge is -2.03. The van der Waals surface area contributed by atoms with Gasteiger partial charge in [-0.2, -0.15) is 0 Å². The van der Waals surface area contributed by atoms with E-state index in [0.29, 0.717) is 5.70 Å². The molecule has 0 rings (SSSR count). The third kappa shape index (κ3) is 3.35. The Bertz CT molecular complexity index is 317. The Kier molecular flexibility index (Phi) is 5.95. The zero-order valence-corrected chi connectivity index (χ0v) is 8.83. The Morgan fingerprint density at radius 3 is 2.21 bits per heavy atom. The third-order valence-corrected chi connectivity index (χ3v) is 1.70. The summed E-state index contributed by atoms with van der Waals surface area (Å²) in [6, 6.07) is 0. The van der Waals surface area contributed by atoms with Gasteiger partial charge in [-0.1, -0.05) is 30.9 Å². The van der Waals surface area contributed by atoms with Crippen LogP contribution in [0.4, 0.5) is 0 Å². The van der Waals surface area contributed by atoms with Crippen LogP contribution < -0.4 is 0 Å². The van der Waals surface area contributed by atoms with Gasteiger partial charge in [-0.3, -0.25) is 9.98 Å². The van der Waals surface area contributed by atoms with Crippen LogP contribution in [0.3, 0.4) is 0 Å². The Morgan fingerprint density at radius 2 is 1.86 bits per heavy atom. The van der Waals surface area contributed by atoms with E-state index in [1.807, 2.05) is 32.1 Å². The maximum absolute atomic E-state index is 3.91. The molecule has 0 spiro atoms. The van der Waals surface area contributed by atoms with E-state index in [-0.39, 0.29) is 0 Å². The second-order valence-corrected chi connectivity index (χ2v) is 2.60. The van der Waals surface area contributed by atoms with Gasteiger partial charge in [-0.05, 0) is 27.3 Å². The van der Waals surface area contributed by atoms with Crippen molar-refractivity contribution in [3.63, 3.8) is 0 Å². The first-order valence-corrected chi connectivity index (χ1v) is 4.31. The van der Waals surface area contributed by atoms with Gasteiger partial charge in [0.2, 0.25) is 0 Å². The molecular formula is C12H16N2. The summed E-state index contributed by atoms with van der Waals surface area (Å²) >= 11 is 0. The van der Waals surface area contributed by atoms with Crippen molar-refractivity contribution in [3.05, 3.63) is 47.9 Å². The minimum absolute atomic E-state index is 0.716. The molecule has 74 valence electrons. The summed E-state index contributed by atoms with van der Waals surface area (Å²) in [5, 5.41) is 0. The Morgan fingerprint density at radius 1 is 1.21 bits per heavy atom. The standard InChI is InChI=1S/C12H16N2/c1-6-8-9-11(7-2)12(14-5)10(3)13-4/h6-9H,2,4-5H2,1,3H3/b8-6-,11-9+,12-10-. The van der Waals surface area contributed by atoms with Gasteiger partial charge in [0.25, 0.3) is 0 Å². The number of hydrogen-bond acceptors (Lipinski definition) is 2. The van der Waals surface area contributed by atoms with Crippen LogP contribution in [0.2, 0.25) is 0 Å². The highest BCUT2D eigenvalue weighted by Crippen LogP contribution is 2.17. The number of hydrogen-bond donors (Lipinski definition) is 0. The fraction of sp³-hybridized carbons (Fsp3) is 0.167. The van der Waals surface area contributed by atoms with Crippen LogP contribution >= 0.6 is 0 Å². The first-order valence-electron chi connectivity index (χ1n) is 4.31. The van der Waals surface area contributed by atoms with Crippen molar-refractivity contribution in [1.82, 2.24) is 0 Å². The van der Waals surface area contributed by atoms with E-state index >= 15 is 0 Å². The predicted molar refractivity (Wildman–Crippen MR) is 64.9 cm³/mol. The molecular weight excluding hydrogens is 172 g/mol. The van der Waals surface area contributed by atoms with Gasteiger partial charge in [0, 0.05) is 5.57 Å². The monoisotopic (exact) mass is 188 g/mol. The summed E-state index contributed by atoms with van der Waals surface area (Å²) in [6.45, 7) is 14.4. The first-order chi connectivity index (χ1) is 6.71. The number of allylic oxidation sites excluding steroid dienone is 5. The highest BCUT2D eigenvalue weighted by molar-refractivity contribution is 5.48. The topological polar surface area (TPSA) is 24.7 Å². The SMILES string of the molecule is C=CC(=C\C=C/C)/C(N=C)=C(\C)N=C. The molecule has 0 saturated carbocycles. The molecule has 0 aliphatic carbocycles. The number of rotatable bonds is 5. The van der Waals surface area contributed by atoms with Crippen molar-refractivity contribution in [3.8, 4) is 0 Å². The van der Waals surface area contributed by atoms with E-state index in [9.17, 15) is 0 Å². The van der Waals surface area contributed by atoms with Gasteiger partial charge < -0.3 is 0 Å². The highest BCUT2D eigenvalue weighted by atomic mass is 14.8. The fourth-order valence-corrected chi connectivity index (χ4v) is 0.933. The van der Waals surface area contributed by atoms with Crippen LogP contribution in [0.15, 0.2) is 57.8 Å². The molecule has 0 atom stereocenters. The second-order valence-electron chi connectivity index (χ2n) is 2.60. The van der Waals surface area contributed by atoms with Crippen molar-refractivity contribution < 1.29 is 0 Å². The van der Waals surface area contributed by atoms with E-state index in [2.05, 4.69) is 30.0 Å². The molecule has 0 amide bonds. The lowest BCUT2D eigenvalue weighted by Crippen LogP contribution is -1.86. The minimum Gasteiger partial charge on any atom is -0.267 e. The van der Waals surface area contributed by atoms with E-state index in [0.717, 1.165) is 11.3 Å². The molecule has 0 aromatic heterocycles. The molecule has 0 aromatic rings. The molecule has 14 heavy (non-hydrogen) atoms. The Balaban J connectivity index is 5.28. The summed E-state index contributed by atoms with van der Waals surface area (Å²) in [7, 11) is 0. The zero-order chi connectivity index (χ0) is 11.0. The zero-order valence-electron chi connectivity index (χ0n) is 8.83. The van der Waals surface area contributed by atoms with Crippen LogP contribution in [0.5, 0.6) is 0 Å². The van der Waals surface area contributed by atoms with Gasteiger partial charge in [-0.25, -0.2) is 0 Å². The molecule has 2 nitrogen and oxygen atoms in total. The van der Waals surface area contributed by atoms with Crippen LogP contribution in [-0.4, -0.2) is 13.4 Å². The molecule has 0 N–H and O–H groups in total. The molecule has 0 radical (unpaired) electrons. The molecule has 0 aromatic carbocycles. The van der Waals surface area contributed by atoms with Crippen molar-refractivity contribution in [1.29, 1.82) is 0 Å². The van der Waals surface area contributed by atoms with E-state index < -0.39 is 0 Å². The number of aliphatic imine (C=N–C) groups is 2. The van der Waals surface area contributed by atoms with Crippen LogP contribution in [0.1, 0.15) is 13.8 Å². The Labute approximate surface area is 85.8 Å². The summed E-state index contributed by atoms with van der Waals surface area (Å²) in [5.74, 6) is 0. The normalized spacial score (nSPS) is 13.7. The minimum atomic E-state index is 0.716. The molecule has 0 heterocycles. The molecule has 0 bridgehead atoms. The van der Waals surface area contributed by atoms with Gasteiger partial charge in [0.15, 0.2) is 0 Å². The van der Waals surface area contributed by atoms with Crippen molar-refractivity contribution in [2.75, 3.05) is 0 Å². The van der Waals surface area contributed by atoms with Gasteiger partial charge in [0.05, 0.1) is 11.4 Å². The van der Waals surface area contributed by atoms with Crippen molar-refractivity contribution in [2.24, 2.45) is 9.98 Å². The molecule has 0 unspecified atom stereocenters. The Hall–Kier alpha value is -1.70. The average Bonchev–Trinajstić information content (AvgIpc) is 2.23. The smallest absolute Gasteiger partial charge is 0.0905 e. The van der Waals surface area contributed by atoms with Crippen LogP contribution in [0, 0.1) is 0 Å². The lowest BCUT2D eigenvalue weighted by atomic mass is 10.1. The van der Waals surface area contributed by atoms with Gasteiger partial charge in [0.1, 0.15) is 0 Å². The average molecular weight is 188 g/mol. The highest BCUT2D eigenvalue weighted by Gasteiger charge is 2.01. The summed E-state index contributed by atoms with van der Waals surface area (Å²) in [4.78, 5) is 7.73. The largest absolute Gasteiger partial charge is 0.267 e. The first kappa shape index (κ1) is 12.3. The van der Waals surface area contributed by atoms with Crippen LogP contribution in [-0.2, 0) is 0 Å². The van der Waals surface area contributed by atoms with Crippen LogP contribution in [0.25, 0.3) is 0 Å². The molecule has 0 fully saturated rings. The molecule has 2 heteroatoms. The van der Waals surface area contributed by atoms with Gasteiger partial charge >= 0.3 is 0 Å².